The average molecular weight is 294 g/mol. The third kappa shape index (κ3) is 3.02. The molecule has 0 aliphatic heterocycles. The summed E-state index contributed by atoms with van der Waals surface area (Å²) in [5.41, 5.74) is 0.451. The number of hydrogen-bond donors (Lipinski definition) is 1. The molecular weight excluding hydrogens is 286 g/mol. The second-order valence-electron chi connectivity index (χ2n) is 3.60. The number of sulfonamides is 1. The monoisotopic (exact) mass is 293 g/mol. The lowest BCUT2D eigenvalue weighted by Crippen LogP contribution is -2.13. The first-order valence-electron chi connectivity index (χ1n) is 5.15. The van der Waals surface area contributed by atoms with E-state index in [9.17, 15) is 8.42 Å². The molecule has 0 bridgehead atoms. The zero-order valence-corrected chi connectivity index (χ0v) is 11.1. The molecule has 5 nitrogen and oxygen atoms in total. The summed E-state index contributed by atoms with van der Waals surface area (Å²) in [6.45, 7) is 0. The van der Waals surface area contributed by atoms with Crippen LogP contribution in [0.15, 0.2) is 47.6 Å². The fourth-order valence-electron chi connectivity index (χ4n) is 1.39. The summed E-state index contributed by atoms with van der Waals surface area (Å²) in [4.78, 5) is 3.79. The summed E-state index contributed by atoms with van der Waals surface area (Å²) < 4.78 is 26.6. The van der Waals surface area contributed by atoms with E-state index < -0.39 is 10.0 Å². The summed E-state index contributed by atoms with van der Waals surface area (Å²) in [6.07, 6.45) is 2.77. The maximum Gasteiger partial charge on any atom is 0.262 e. The first-order chi connectivity index (χ1) is 9.03. The number of nitriles is 1. The number of nitrogens with zero attached hydrogens (tertiary/aromatic N) is 2. The summed E-state index contributed by atoms with van der Waals surface area (Å²) in [5.74, 6) is 0. The summed E-state index contributed by atoms with van der Waals surface area (Å²) in [5, 5.41) is 9.01. The molecule has 1 aromatic heterocycles. The topological polar surface area (TPSA) is 82.8 Å². The molecule has 0 amide bonds. The number of halogens is 1. The third-order valence-corrected chi connectivity index (χ3v) is 3.98. The second-order valence-corrected chi connectivity index (χ2v) is 5.69. The van der Waals surface area contributed by atoms with Crippen molar-refractivity contribution in [3.63, 3.8) is 0 Å². The van der Waals surface area contributed by atoms with Gasteiger partial charge in [-0.2, -0.15) is 5.26 Å². The van der Waals surface area contributed by atoms with Gasteiger partial charge in [-0.3, -0.25) is 9.71 Å². The van der Waals surface area contributed by atoms with Gasteiger partial charge in [0.2, 0.25) is 0 Å². The zero-order valence-electron chi connectivity index (χ0n) is 9.54. The van der Waals surface area contributed by atoms with Crippen LogP contribution < -0.4 is 4.72 Å². The van der Waals surface area contributed by atoms with Crippen molar-refractivity contribution >= 4 is 27.3 Å². The molecule has 0 fully saturated rings. The van der Waals surface area contributed by atoms with Gasteiger partial charge in [-0.05, 0) is 24.3 Å². The van der Waals surface area contributed by atoms with Gasteiger partial charge in [0.15, 0.2) is 0 Å². The summed E-state index contributed by atoms with van der Waals surface area (Å²) in [6, 6.07) is 9.06. The van der Waals surface area contributed by atoms with Crippen molar-refractivity contribution < 1.29 is 8.42 Å². The smallest absolute Gasteiger partial charge is 0.262 e. The van der Waals surface area contributed by atoms with Crippen LogP contribution in [0.3, 0.4) is 0 Å². The van der Waals surface area contributed by atoms with E-state index in [-0.39, 0.29) is 21.2 Å². The van der Waals surface area contributed by atoms with E-state index in [2.05, 4.69) is 9.71 Å². The Hall–Kier alpha value is -2.10. The Bertz CT molecular complexity index is 754. The molecule has 2 rings (SSSR count). The van der Waals surface area contributed by atoms with E-state index in [0.717, 1.165) is 0 Å². The van der Waals surface area contributed by atoms with Crippen molar-refractivity contribution in [2.24, 2.45) is 0 Å². The normalized spacial score (nSPS) is 10.7. The Morgan fingerprint density at radius 1 is 1.32 bits per heavy atom. The van der Waals surface area contributed by atoms with Gasteiger partial charge in [-0.1, -0.05) is 17.7 Å². The van der Waals surface area contributed by atoms with Gasteiger partial charge in [0.05, 0.1) is 33.4 Å². The van der Waals surface area contributed by atoms with E-state index in [1.54, 1.807) is 0 Å². The largest absolute Gasteiger partial charge is 0.277 e. The quantitative estimate of drug-likeness (QED) is 0.942. The van der Waals surface area contributed by atoms with E-state index in [1.165, 1.54) is 42.7 Å². The molecule has 0 saturated carbocycles. The second kappa shape index (κ2) is 5.26. The van der Waals surface area contributed by atoms with Crippen molar-refractivity contribution in [2.75, 3.05) is 4.72 Å². The molecule has 0 unspecified atom stereocenters. The predicted octanol–water partition coefficient (Wildman–Crippen LogP) is 2.41. The molecular formula is C12H8ClN3O2S. The van der Waals surface area contributed by atoms with Crippen LogP contribution in [0, 0.1) is 11.3 Å². The highest BCUT2D eigenvalue weighted by Gasteiger charge is 2.16. The molecule has 2 aromatic rings. The molecule has 0 radical (unpaired) electrons. The van der Waals surface area contributed by atoms with Crippen LogP contribution in [0.4, 0.5) is 5.69 Å². The van der Waals surface area contributed by atoms with Crippen molar-refractivity contribution in [1.82, 2.24) is 4.98 Å². The fourth-order valence-corrected chi connectivity index (χ4v) is 2.71. The maximum atomic E-state index is 12.1. The van der Waals surface area contributed by atoms with Crippen LogP contribution in [0.5, 0.6) is 0 Å². The van der Waals surface area contributed by atoms with Gasteiger partial charge in [0, 0.05) is 6.20 Å². The fraction of sp³-hybridized carbons (Fsp3) is 0. The number of anilines is 1. The van der Waals surface area contributed by atoms with Gasteiger partial charge in [-0.15, -0.1) is 0 Å². The van der Waals surface area contributed by atoms with Gasteiger partial charge in [0.25, 0.3) is 10.0 Å². The number of pyridine rings is 1. The highest BCUT2D eigenvalue weighted by molar-refractivity contribution is 7.92. The summed E-state index contributed by atoms with van der Waals surface area (Å²) >= 11 is 5.86. The molecule has 96 valence electrons. The molecule has 19 heavy (non-hydrogen) atoms. The molecule has 7 heteroatoms. The zero-order chi connectivity index (χ0) is 13.9. The van der Waals surface area contributed by atoms with E-state index in [1.807, 2.05) is 6.07 Å². The predicted molar refractivity (Wildman–Crippen MR) is 71.2 cm³/mol. The number of rotatable bonds is 3. The molecule has 0 spiro atoms. The lowest BCUT2D eigenvalue weighted by Gasteiger charge is -2.08. The molecule has 0 aliphatic rings. The van der Waals surface area contributed by atoms with E-state index in [0.29, 0.717) is 0 Å². The van der Waals surface area contributed by atoms with Crippen molar-refractivity contribution in [3.05, 3.63) is 53.3 Å². The minimum Gasteiger partial charge on any atom is -0.277 e. The van der Waals surface area contributed by atoms with E-state index in [4.69, 9.17) is 16.9 Å². The third-order valence-electron chi connectivity index (χ3n) is 2.29. The van der Waals surface area contributed by atoms with Crippen LogP contribution in [0.2, 0.25) is 5.02 Å². The Kier molecular flexibility index (Phi) is 3.69. The van der Waals surface area contributed by atoms with Crippen LogP contribution >= 0.6 is 11.6 Å². The van der Waals surface area contributed by atoms with Crippen LogP contribution in [0.25, 0.3) is 0 Å². The van der Waals surface area contributed by atoms with Crippen LogP contribution in [-0.2, 0) is 10.0 Å². The highest BCUT2D eigenvalue weighted by atomic mass is 35.5. The molecule has 1 heterocycles. The van der Waals surface area contributed by atoms with Gasteiger partial charge in [-0.25, -0.2) is 8.42 Å². The Morgan fingerprint density at radius 3 is 2.79 bits per heavy atom. The van der Waals surface area contributed by atoms with E-state index >= 15 is 0 Å². The number of aromatic nitrogens is 1. The average Bonchev–Trinajstić information content (AvgIpc) is 2.41. The summed E-state index contributed by atoms with van der Waals surface area (Å²) in [7, 11) is -3.79. The first kappa shape index (κ1) is 13.3. The van der Waals surface area contributed by atoms with Crippen molar-refractivity contribution in [2.45, 2.75) is 4.90 Å². The number of benzene rings is 1. The van der Waals surface area contributed by atoms with Crippen LogP contribution in [0.1, 0.15) is 5.56 Å². The molecule has 1 N–H and O–H groups in total. The Labute approximate surface area is 115 Å². The number of nitrogens with one attached hydrogen (secondary N) is 1. The van der Waals surface area contributed by atoms with Crippen LogP contribution in [-0.4, -0.2) is 13.4 Å². The number of hydrogen-bond acceptors (Lipinski definition) is 4. The van der Waals surface area contributed by atoms with Gasteiger partial charge in [0.1, 0.15) is 0 Å². The molecule has 1 aromatic carbocycles. The lowest BCUT2D eigenvalue weighted by atomic mass is 10.2. The van der Waals surface area contributed by atoms with Gasteiger partial charge < -0.3 is 0 Å². The molecule has 0 aliphatic carbocycles. The van der Waals surface area contributed by atoms with Crippen molar-refractivity contribution in [3.8, 4) is 6.07 Å². The molecule has 0 atom stereocenters. The molecule has 0 saturated heterocycles. The lowest BCUT2D eigenvalue weighted by molar-refractivity contribution is 0.601. The first-order valence-corrected chi connectivity index (χ1v) is 7.01. The van der Waals surface area contributed by atoms with Gasteiger partial charge >= 0.3 is 0 Å². The SMILES string of the molecule is N#Cc1cccc(S(=O)(=O)Nc2cnccc2Cl)c1. The minimum atomic E-state index is -3.79. The highest BCUT2D eigenvalue weighted by Crippen LogP contribution is 2.23. The maximum absolute atomic E-state index is 12.1. The Balaban J connectivity index is 2.39. The minimum absolute atomic E-state index is 0.00790. The van der Waals surface area contributed by atoms with Crippen molar-refractivity contribution in [1.29, 1.82) is 5.26 Å². The Morgan fingerprint density at radius 2 is 2.11 bits per heavy atom. The standard InChI is InChI=1S/C12H8ClN3O2S/c13-11-4-5-15-8-12(11)16-19(17,18)10-3-1-2-9(6-10)7-14/h1-6,8,16H.